The molecule has 3 aromatic heterocycles. The Balaban J connectivity index is 1.15. The van der Waals surface area contributed by atoms with Gasteiger partial charge >= 0.3 is 0 Å². The minimum atomic E-state index is 0.00969. The maximum atomic E-state index is 5.50. The molecule has 68 heavy (non-hydrogen) atoms. The Morgan fingerprint density at radius 2 is 0.750 bits per heavy atom. The van der Waals surface area contributed by atoms with Crippen LogP contribution in [0.3, 0.4) is 0 Å². The monoisotopic (exact) mass is 883 g/mol. The Labute approximate surface area is 399 Å². The Bertz CT molecular complexity index is 3590. The molecular weight excluding hydrogens is 827 g/mol. The summed E-state index contributed by atoms with van der Waals surface area (Å²) in [6.45, 7) is 20.4. The molecule has 0 fully saturated rings. The van der Waals surface area contributed by atoms with Crippen molar-refractivity contribution in [2.75, 3.05) is 0 Å². The Morgan fingerprint density at radius 3 is 1.34 bits per heavy atom. The van der Waals surface area contributed by atoms with Crippen molar-refractivity contribution < 1.29 is 0 Å². The third-order valence-corrected chi connectivity index (χ3v) is 13.7. The van der Waals surface area contributed by atoms with Gasteiger partial charge in [-0.05, 0) is 110 Å². The summed E-state index contributed by atoms with van der Waals surface area (Å²) in [6, 6.07) is 66.2. The van der Waals surface area contributed by atoms with Crippen molar-refractivity contribution in [2.24, 2.45) is 0 Å². The average molecular weight is 884 g/mol. The van der Waals surface area contributed by atoms with Crippen LogP contribution < -0.4 is 0 Å². The molecule has 3 heterocycles. The summed E-state index contributed by atoms with van der Waals surface area (Å²) in [5, 5.41) is 4.70. The van der Waals surface area contributed by atoms with E-state index in [4.69, 9.17) is 15.0 Å². The number of benzene rings is 8. The second kappa shape index (κ2) is 16.0. The van der Waals surface area contributed by atoms with Gasteiger partial charge in [-0.1, -0.05) is 190 Å². The summed E-state index contributed by atoms with van der Waals surface area (Å²) in [5.74, 6) is 1.77. The molecular formula is C63H57N5. The predicted octanol–water partition coefficient (Wildman–Crippen LogP) is 16.6. The second-order valence-corrected chi connectivity index (χ2v) is 21.5. The van der Waals surface area contributed by atoms with Gasteiger partial charge in [0.1, 0.15) is 0 Å². The van der Waals surface area contributed by atoms with Gasteiger partial charge in [0.15, 0.2) is 11.6 Å². The van der Waals surface area contributed by atoms with Crippen LogP contribution in [-0.4, -0.2) is 24.1 Å². The zero-order valence-corrected chi connectivity index (χ0v) is 40.6. The van der Waals surface area contributed by atoms with E-state index in [1.807, 2.05) is 18.2 Å². The van der Waals surface area contributed by atoms with Gasteiger partial charge in [0.2, 0.25) is 5.95 Å². The maximum Gasteiger partial charge on any atom is 0.238 e. The summed E-state index contributed by atoms with van der Waals surface area (Å²) in [6.07, 6.45) is 0. The molecule has 0 radical (unpaired) electrons. The van der Waals surface area contributed by atoms with Gasteiger partial charge in [-0.15, -0.1) is 0 Å². The molecule has 0 unspecified atom stereocenters. The fraction of sp³-hybridized carbons (Fsp3) is 0.190. The van der Waals surface area contributed by atoms with Crippen molar-refractivity contribution in [3.05, 3.63) is 199 Å². The Kier molecular flexibility index (Phi) is 10.1. The topological polar surface area (TPSA) is 48.5 Å². The second-order valence-electron chi connectivity index (χ2n) is 21.5. The molecule has 11 aromatic rings. The van der Waals surface area contributed by atoms with Crippen LogP contribution in [0.4, 0.5) is 0 Å². The van der Waals surface area contributed by atoms with Crippen LogP contribution in [0.2, 0.25) is 0 Å². The molecule has 0 aliphatic rings. The molecule has 0 N–H and O–H groups in total. The van der Waals surface area contributed by atoms with E-state index < -0.39 is 0 Å². The van der Waals surface area contributed by atoms with E-state index in [1.54, 1.807) is 0 Å². The highest BCUT2D eigenvalue weighted by molar-refractivity contribution is 6.12. The molecule has 11 rings (SSSR count). The first-order valence-electron chi connectivity index (χ1n) is 23.9. The molecule has 0 amide bonds. The lowest BCUT2D eigenvalue weighted by Crippen LogP contribution is -2.10. The number of hydrogen-bond donors (Lipinski definition) is 0. The van der Waals surface area contributed by atoms with Crippen molar-refractivity contribution in [1.29, 1.82) is 0 Å². The number of fused-ring (bicyclic) bond motifs is 6. The van der Waals surface area contributed by atoms with Crippen LogP contribution in [0.1, 0.15) is 79.0 Å². The lowest BCUT2D eigenvalue weighted by molar-refractivity contribution is 0.590. The van der Waals surface area contributed by atoms with Gasteiger partial charge in [0.25, 0.3) is 0 Å². The summed E-state index contributed by atoms with van der Waals surface area (Å²) in [7, 11) is 0. The largest absolute Gasteiger partial charge is 0.309 e. The zero-order chi connectivity index (χ0) is 47.1. The minimum Gasteiger partial charge on any atom is -0.309 e. The molecule has 8 aromatic carbocycles. The van der Waals surface area contributed by atoms with Gasteiger partial charge in [0, 0.05) is 32.7 Å². The van der Waals surface area contributed by atoms with Crippen LogP contribution in [0.25, 0.3) is 100 Å². The third-order valence-electron chi connectivity index (χ3n) is 13.7. The van der Waals surface area contributed by atoms with E-state index in [0.29, 0.717) is 17.6 Å². The summed E-state index contributed by atoms with van der Waals surface area (Å²) in [5.41, 5.74) is 15.9. The number of aromatic nitrogens is 5. The molecule has 0 bridgehead atoms. The molecule has 5 nitrogen and oxygen atoms in total. The first kappa shape index (κ1) is 43.0. The van der Waals surface area contributed by atoms with Gasteiger partial charge in [-0.3, -0.25) is 4.57 Å². The van der Waals surface area contributed by atoms with Crippen molar-refractivity contribution >= 4 is 43.6 Å². The molecule has 5 heteroatoms. The van der Waals surface area contributed by atoms with E-state index >= 15 is 0 Å². The number of para-hydroxylation sites is 2. The molecule has 0 saturated carbocycles. The summed E-state index contributed by atoms with van der Waals surface area (Å²) in [4.78, 5) is 16.2. The van der Waals surface area contributed by atoms with Crippen LogP contribution in [0.15, 0.2) is 182 Å². The fourth-order valence-corrected chi connectivity index (χ4v) is 9.78. The standard InChI is InChI=1S/C63H57N5/c1-61(2,3)45-29-23-40(24-30-45)43-27-34-56-50(37-43)51-38-44(41-25-31-46(32-26-41)62(4,5)6)28-35-57(51)68(56)60-65-58(42-17-11-10-12-18-42)64-59(66-60)49-20-14-16-22-54(49)67-53-21-15-13-19-48(53)52-39-47(63(7,8)9)33-36-55(52)67/h10-39H,1-9H3. The zero-order valence-electron chi connectivity index (χ0n) is 40.6. The van der Waals surface area contributed by atoms with Crippen molar-refractivity contribution in [3.63, 3.8) is 0 Å². The fourth-order valence-electron chi connectivity index (χ4n) is 9.78. The molecule has 0 aliphatic heterocycles. The van der Waals surface area contributed by atoms with E-state index in [1.165, 1.54) is 38.6 Å². The molecule has 0 atom stereocenters. The maximum absolute atomic E-state index is 5.50. The molecule has 0 spiro atoms. The van der Waals surface area contributed by atoms with Gasteiger partial charge in [-0.2, -0.15) is 9.97 Å². The van der Waals surface area contributed by atoms with Crippen LogP contribution >= 0.6 is 0 Å². The summed E-state index contributed by atoms with van der Waals surface area (Å²) < 4.78 is 4.61. The Hall–Kier alpha value is -7.63. The number of nitrogens with zero attached hydrogens (tertiary/aromatic N) is 5. The SMILES string of the molecule is CC(C)(C)c1ccc(-c2ccc3c(c2)c2cc(-c4ccc(C(C)(C)C)cc4)ccc2n3-c2nc(-c3ccccc3)nc(-c3ccccc3-n3c4ccccc4c4cc(C(C)(C)C)ccc43)n2)cc1. The number of rotatable bonds is 6. The van der Waals surface area contributed by atoms with Crippen LogP contribution in [0.5, 0.6) is 0 Å². The quantitative estimate of drug-likeness (QED) is 0.167. The smallest absolute Gasteiger partial charge is 0.238 e. The first-order chi connectivity index (χ1) is 32.6. The highest BCUT2D eigenvalue weighted by Crippen LogP contribution is 2.41. The van der Waals surface area contributed by atoms with Crippen LogP contribution in [0, 0.1) is 0 Å². The highest BCUT2D eigenvalue weighted by atomic mass is 15.2. The van der Waals surface area contributed by atoms with E-state index in [2.05, 4.69) is 235 Å². The lowest BCUT2D eigenvalue weighted by atomic mass is 9.86. The van der Waals surface area contributed by atoms with Crippen molar-refractivity contribution in [1.82, 2.24) is 24.1 Å². The molecule has 334 valence electrons. The Morgan fingerprint density at radius 1 is 0.309 bits per heavy atom. The minimum absolute atomic E-state index is 0.00969. The van der Waals surface area contributed by atoms with Crippen molar-refractivity contribution in [2.45, 2.75) is 78.6 Å². The highest BCUT2D eigenvalue weighted by Gasteiger charge is 2.24. The predicted molar refractivity (Wildman–Crippen MR) is 286 cm³/mol. The van der Waals surface area contributed by atoms with E-state index in [-0.39, 0.29) is 16.2 Å². The summed E-state index contributed by atoms with van der Waals surface area (Å²) >= 11 is 0. The first-order valence-corrected chi connectivity index (χ1v) is 23.9. The van der Waals surface area contributed by atoms with Gasteiger partial charge < -0.3 is 4.57 Å². The van der Waals surface area contributed by atoms with Gasteiger partial charge in [-0.25, -0.2) is 4.98 Å². The van der Waals surface area contributed by atoms with Gasteiger partial charge in [0.05, 0.1) is 27.8 Å². The third kappa shape index (κ3) is 7.56. The van der Waals surface area contributed by atoms with Crippen molar-refractivity contribution in [3.8, 4) is 56.7 Å². The normalized spacial score (nSPS) is 12.5. The average Bonchev–Trinajstić information content (AvgIpc) is 3.85. The van der Waals surface area contributed by atoms with E-state index in [0.717, 1.165) is 60.8 Å². The lowest BCUT2D eigenvalue weighted by Gasteiger charge is -2.19. The molecule has 0 aliphatic carbocycles. The number of hydrogen-bond acceptors (Lipinski definition) is 3. The molecule has 0 saturated heterocycles. The van der Waals surface area contributed by atoms with E-state index in [9.17, 15) is 0 Å². The van der Waals surface area contributed by atoms with Crippen LogP contribution in [-0.2, 0) is 16.2 Å².